The first-order valence-electron chi connectivity index (χ1n) is 11.2. The van der Waals surface area contributed by atoms with Crippen molar-refractivity contribution in [3.05, 3.63) is 93.2 Å². The second kappa shape index (κ2) is 10.9. The summed E-state index contributed by atoms with van der Waals surface area (Å²) in [6.07, 6.45) is 2.02. The molecule has 0 saturated carbocycles. The first-order valence-corrected chi connectivity index (χ1v) is 12.6. The number of rotatable bonds is 8. The van der Waals surface area contributed by atoms with Crippen LogP contribution in [0.4, 0.5) is 5.69 Å². The number of benzene rings is 3. The Morgan fingerprint density at radius 3 is 2.62 bits per heavy atom. The van der Waals surface area contributed by atoms with Gasteiger partial charge in [0.1, 0.15) is 0 Å². The molecule has 4 aromatic rings. The normalized spacial score (nSPS) is 11.0. The van der Waals surface area contributed by atoms with Gasteiger partial charge in [0.15, 0.2) is 5.16 Å². The van der Waals surface area contributed by atoms with E-state index in [9.17, 15) is 9.59 Å². The van der Waals surface area contributed by atoms with Crippen molar-refractivity contribution in [2.75, 3.05) is 11.1 Å². The minimum atomic E-state index is -0.122. The number of fused-ring (bicyclic) bond motifs is 1. The number of nitrogens with one attached hydrogen (secondary N) is 1. The Morgan fingerprint density at radius 2 is 1.82 bits per heavy atom. The number of nitrogens with zero attached hydrogens (tertiary/aromatic N) is 2. The van der Waals surface area contributed by atoms with Gasteiger partial charge in [-0.2, -0.15) is 0 Å². The minimum absolute atomic E-state index is 0.00733. The minimum Gasteiger partial charge on any atom is -0.326 e. The van der Waals surface area contributed by atoms with E-state index in [4.69, 9.17) is 16.6 Å². The predicted octanol–water partition coefficient (Wildman–Crippen LogP) is 6.56. The maximum atomic E-state index is 13.3. The first-order chi connectivity index (χ1) is 16.4. The van der Waals surface area contributed by atoms with Gasteiger partial charge >= 0.3 is 0 Å². The molecule has 5 nitrogen and oxygen atoms in total. The standard InChI is InChI=1S/C27H26ClN3O2S/c1-18-13-14-21(16-19(18)2)29-25(32)12-5-6-15-34-27-30-24-11-4-3-10-23(24)26(33)31(27)22-9-7-8-20(28)17-22/h3-4,7-11,13-14,16-17H,5-6,12,15H2,1-2H3,(H,29,32). The van der Waals surface area contributed by atoms with Crippen molar-refractivity contribution >= 4 is 45.9 Å². The molecule has 0 aliphatic heterocycles. The van der Waals surface area contributed by atoms with Gasteiger partial charge in [-0.15, -0.1) is 0 Å². The lowest BCUT2D eigenvalue weighted by Crippen LogP contribution is -2.21. The molecule has 0 fully saturated rings. The van der Waals surface area contributed by atoms with Gasteiger partial charge in [-0.3, -0.25) is 14.2 Å². The number of anilines is 1. The summed E-state index contributed by atoms with van der Waals surface area (Å²) in [5, 5.41) is 4.71. The summed E-state index contributed by atoms with van der Waals surface area (Å²) < 4.78 is 1.62. The molecule has 0 bridgehead atoms. The van der Waals surface area contributed by atoms with Crippen LogP contribution in [0.2, 0.25) is 5.02 Å². The summed E-state index contributed by atoms with van der Waals surface area (Å²) in [5.74, 6) is 0.746. The van der Waals surface area contributed by atoms with E-state index in [-0.39, 0.29) is 11.5 Å². The summed E-state index contributed by atoms with van der Waals surface area (Å²) >= 11 is 7.70. The zero-order valence-corrected chi connectivity index (χ0v) is 20.7. The van der Waals surface area contributed by atoms with Gasteiger partial charge < -0.3 is 5.32 Å². The topological polar surface area (TPSA) is 64.0 Å². The van der Waals surface area contributed by atoms with E-state index in [2.05, 4.69) is 12.2 Å². The molecule has 0 atom stereocenters. The van der Waals surface area contributed by atoms with Crippen LogP contribution in [0.3, 0.4) is 0 Å². The molecule has 174 valence electrons. The Balaban J connectivity index is 1.42. The molecule has 0 radical (unpaired) electrons. The number of hydrogen-bond acceptors (Lipinski definition) is 4. The fourth-order valence-corrected chi connectivity index (χ4v) is 4.84. The lowest BCUT2D eigenvalue weighted by atomic mass is 10.1. The van der Waals surface area contributed by atoms with Gasteiger partial charge in [0.25, 0.3) is 5.56 Å². The SMILES string of the molecule is Cc1ccc(NC(=O)CCCCSc2nc3ccccc3c(=O)n2-c2cccc(Cl)c2)cc1C. The molecular formula is C27H26ClN3O2S. The van der Waals surface area contributed by atoms with Crippen molar-refractivity contribution in [2.45, 2.75) is 38.3 Å². The molecule has 1 aromatic heterocycles. The van der Waals surface area contributed by atoms with Gasteiger partial charge in [-0.25, -0.2) is 4.98 Å². The van der Waals surface area contributed by atoms with Crippen LogP contribution in [0, 0.1) is 13.8 Å². The maximum Gasteiger partial charge on any atom is 0.266 e. The number of aryl methyl sites for hydroxylation is 2. The molecule has 0 aliphatic carbocycles. The van der Waals surface area contributed by atoms with Crippen LogP contribution in [0.15, 0.2) is 76.7 Å². The average Bonchev–Trinajstić information content (AvgIpc) is 2.81. The number of unbranched alkanes of at least 4 members (excludes halogenated alkanes) is 1. The highest BCUT2D eigenvalue weighted by Gasteiger charge is 2.13. The number of amides is 1. The quantitative estimate of drug-likeness (QED) is 0.172. The zero-order valence-electron chi connectivity index (χ0n) is 19.2. The highest BCUT2D eigenvalue weighted by molar-refractivity contribution is 7.99. The van der Waals surface area contributed by atoms with Crippen molar-refractivity contribution in [1.82, 2.24) is 9.55 Å². The third-order valence-electron chi connectivity index (χ3n) is 5.63. The second-order valence-corrected chi connectivity index (χ2v) is 9.68. The van der Waals surface area contributed by atoms with Crippen LogP contribution in [-0.4, -0.2) is 21.2 Å². The number of halogens is 1. The fraction of sp³-hybridized carbons (Fsp3) is 0.222. The Kier molecular flexibility index (Phi) is 7.70. The van der Waals surface area contributed by atoms with E-state index in [1.54, 1.807) is 22.8 Å². The van der Waals surface area contributed by atoms with Crippen LogP contribution in [0.25, 0.3) is 16.6 Å². The third-order valence-corrected chi connectivity index (χ3v) is 6.89. The van der Waals surface area contributed by atoms with Gasteiger partial charge in [0.2, 0.25) is 5.91 Å². The number of hydrogen-bond donors (Lipinski definition) is 1. The van der Waals surface area contributed by atoms with Crippen LogP contribution >= 0.6 is 23.4 Å². The largest absolute Gasteiger partial charge is 0.326 e. The molecule has 0 unspecified atom stereocenters. The van der Waals surface area contributed by atoms with E-state index in [1.165, 1.54) is 17.3 Å². The van der Waals surface area contributed by atoms with Gasteiger partial charge in [0, 0.05) is 22.9 Å². The molecule has 1 amide bonds. The molecule has 1 heterocycles. The van der Waals surface area contributed by atoms with Gasteiger partial charge in [-0.1, -0.05) is 47.6 Å². The van der Waals surface area contributed by atoms with E-state index in [1.807, 2.05) is 55.5 Å². The van der Waals surface area contributed by atoms with Gasteiger partial charge in [-0.05, 0) is 80.3 Å². The monoisotopic (exact) mass is 491 g/mol. The second-order valence-electron chi connectivity index (χ2n) is 8.18. The third kappa shape index (κ3) is 5.69. The molecule has 34 heavy (non-hydrogen) atoms. The number of carbonyl (C=O) groups excluding carboxylic acids is 1. The molecule has 4 rings (SSSR count). The Hall–Kier alpha value is -3.09. The van der Waals surface area contributed by atoms with Crippen molar-refractivity contribution in [2.24, 2.45) is 0 Å². The fourth-order valence-electron chi connectivity index (χ4n) is 3.65. The highest BCUT2D eigenvalue weighted by atomic mass is 35.5. The molecule has 7 heteroatoms. The van der Waals surface area contributed by atoms with E-state index in [0.717, 1.165) is 29.8 Å². The summed E-state index contributed by atoms with van der Waals surface area (Å²) in [4.78, 5) is 30.3. The van der Waals surface area contributed by atoms with Crippen LogP contribution in [0.5, 0.6) is 0 Å². The van der Waals surface area contributed by atoms with E-state index < -0.39 is 0 Å². The highest BCUT2D eigenvalue weighted by Crippen LogP contribution is 2.24. The maximum absolute atomic E-state index is 13.3. The van der Waals surface area contributed by atoms with Gasteiger partial charge in [0.05, 0.1) is 16.6 Å². The van der Waals surface area contributed by atoms with Crippen molar-refractivity contribution in [3.8, 4) is 5.69 Å². The first kappa shape index (κ1) is 24.0. The molecule has 3 aromatic carbocycles. The van der Waals surface area contributed by atoms with E-state index in [0.29, 0.717) is 33.2 Å². The lowest BCUT2D eigenvalue weighted by Gasteiger charge is -2.13. The molecule has 1 N–H and O–H groups in total. The number of carbonyl (C=O) groups is 1. The van der Waals surface area contributed by atoms with Crippen LogP contribution < -0.4 is 10.9 Å². The predicted molar refractivity (Wildman–Crippen MR) is 141 cm³/mol. The number of aromatic nitrogens is 2. The van der Waals surface area contributed by atoms with Crippen molar-refractivity contribution < 1.29 is 4.79 Å². The number of para-hydroxylation sites is 1. The average molecular weight is 492 g/mol. The van der Waals surface area contributed by atoms with Crippen LogP contribution in [-0.2, 0) is 4.79 Å². The van der Waals surface area contributed by atoms with Crippen molar-refractivity contribution in [3.63, 3.8) is 0 Å². The Bertz CT molecular complexity index is 1400. The molecular weight excluding hydrogens is 466 g/mol. The number of thioether (sulfide) groups is 1. The summed E-state index contributed by atoms with van der Waals surface area (Å²) in [7, 11) is 0. The Labute approximate surface area is 208 Å². The van der Waals surface area contributed by atoms with E-state index >= 15 is 0 Å². The summed E-state index contributed by atoms with van der Waals surface area (Å²) in [6.45, 7) is 4.08. The van der Waals surface area contributed by atoms with Crippen molar-refractivity contribution in [1.29, 1.82) is 0 Å². The zero-order chi connectivity index (χ0) is 24.1. The molecule has 0 saturated heterocycles. The molecule has 0 spiro atoms. The molecule has 0 aliphatic rings. The summed E-state index contributed by atoms with van der Waals surface area (Å²) in [6, 6.07) is 20.5. The van der Waals surface area contributed by atoms with Crippen LogP contribution in [0.1, 0.15) is 30.4 Å². The Morgan fingerprint density at radius 1 is 1.00 bits per heavy atom. The smallest absolute Gasteiger partial charge is 0.266 e. The lowest BCUT2D eigenvalue weighted by molar-refractivity contribution is -0.116. The summed E-state index contributed by atoms with van der Waals surface area (Å²) in [5.41, 5.74) is 4.42.